The molecule has 0 saturated heterocycles. The third kappa shape index (κ3) is 3.59. The molecule has 3 aromatic rings. The molecule has 2 N–H and O–H groups in total. The van der Waals surface area contributed by atoms with E-state index in [1.54, 1.807) is 43.3 Å². The quantitative estimate of drug-likeness (QED) is 0.659. The fourth-order valence-electron chi connectivity index (χ4n) is 2.99. The number of aromatic nitrogens is 4. The molecular weight excluding hydrogens is 394 g/mol. The van der Waals surface area contributed by atoms with Crippen LogP contribution in [0.4, 0.5) is 5.69 Å². The molecule has 1 amide bonds. The van der Waals surface area contributed by atoms with E-state index in [-0.39, 0.29) is 16.6 Å². The Morgan fingerprint density at radius 3 is 2.76 bits per heavy atom. The van der Waals surface area contributed by atoms with Gasteiger partial charge in [0.05, 0.1) is 10.6 Å². The highest BCUT2D eigenvalue weighted by molar-refractivity contribution is 7.90. The van der Waals surface area contributed by atoms with Gasteiger partial charge in [0.15, 0.2) is 0 Å². The number of aryl methyl sites for hydroxylation is 1. The lowest BCUT2D eigenvalue weighted by atomic mass is 10.1. The Labute approximate surface area is 166 Å². The summed E-state index contributed by atoms with van der Waals surface area (Å²) in [5.74, 6) is -0.205. The minimum absolute atomic E-state index is 0.153. The molecule has 0 radical (unpaired) electrons. The molecule has 0 saturated carbocycles. The Hall–Kier alpha value is -3.60. The molecule has 10 nitrogen and oxygen atoms in total. The predicted molar refractivity (Wildman–Crippen MR) is 105 cm³/mol. The number of anilines is 1. The highest BCUT2D eigenvalue weighted by Crippen LogP contribution is 2.23. The summed E-state index contributed by atoms with van der Waals surface area (Å²) in [5.41, 5.74) is 2.70. The number of amides is 1. The van der Waals surface area contributed by atoms with Gasteiger partial charge >= 0.3 is 0 Å². The third-order valence-corrected chi connectivity index (χ3v) is 5.82. The van der Waals surface area contributed by atoms with Crippen LogP contribution >= 0.6 is 0 Å². The van der Waals surface area contributed by atoms with E-state index in [0.29, 0.717) is 11.3 Å². The Balaban J connectivity index is 1.52. The number of aliphatic imine (C=N–C) groups is 1. The third-order valence-electron chi connectivity index (χ3n) is 4.43. The molecule has 2 heterocycles. The summed E-state index contributed by atoms with van der Waals surface area (Å²) in [6.07, 6.45) is 1.49. The number of nitrogens with zero attached hydrogens (tertiary/aromatic N) is 5. The van der Waals surface area contributed by atoms with Gasteiger partial charge in [0.25, 0.3) is 10.0 Å². The van der Waals surface area contributed by atoms with Crippen molar-refractivity contribution < 1.29 is 13.2 Å². The summed E-state index contributed by atoms with van der Waals surface area (Å²) in [5, 5.41) is 13.9. The first-order valence-electron chi connectivity index (χ1n) is 8.70. The van der Waals surface area contributed by atoms with Crippen molar-refractivity contribution in [2.75, 3.05) is 5.32 Å². The number of carbonyl (C=O) groups is 1. The normalized spacial score (nSPS) is 16.8. The van der Waals surface area contributed by atoms with Gasteiger partial charge in [-0.25, -0.2) is 13.1 Å². The van der Waals surface area contributed by atoms with Crippen LogP contribution in [0.2, 0.25) is 0 Å². The van der Waals surface area contributed by atoms with Crippen LogP contribution in [0, 0.1) is 6.92 Å². The maximum atomic E-state index is 12.6. The molecule has 1 aromatic heterocycles. The van der Waals surface area contributed by atoms with Crippen LogP contribution in [0.1, 0.15) is 18.1 Å². The second-order valence-electron chi connectivity index (χ2n) is 6.50. The van der Waals surface area contributed by atoms with Crippen molar-refractivity contribution in [1.82, 2.24) is 24.9 Å². The number of hydrogen-bond acceptors (Lipinski definition) is 7. The second-order valence-corrected chi connectivity index (χ2v) is 8.15. The van der Waals surface area contributed by atoms with Crippen LogP contribution in [-0.4, -0.2) is 46.4 Å². The molecule has 1 atom stereocenters. The number of sulfonamides is 1. The molecule has 0 fully saturated rings. The molecule has 11 heteroatoms. The van der Waals surface area contributed by atoms with E-state index < -0.39 is 16.1 Å². The Kier molecular flexibility index (Phi) is 4.59. The molecule has 0 bridgehead atoms. The van der Waals surface area contributed by atoms with Crippen LogP contribution < -0.4 is 10.0 Å². The largest absolute Gasteiger partial charge is 0.324 e. The highest BCUT2D eigenvalue weighted by Gasteiger charge is 2.31. The first kappa shape index (κ1) is 18.7. The minimum atomic E-state index is -3.65. The molecule has 2 aromatic carbocycles. The molecule has 0 spiro atoms. The average Bonchev–Trinajstić information content (AvgIpc) is 3.29. The first-order valence-corrected chi connectivity index (χ1v) is 10.2. The van der Waals surface area contributed by atoms with Gasteiger partial charge in [0, 0.05) is 11.3 Å². The Morgan fingerprint density at radius 2 is 2.03 bits per heavy atom. The Morgan fingerprint density at radius 1 is 1.24 bits per heavy atom. The van der Waals surface area contributed by atoms with Crippen LogP contribution in [-0.2, 0) is 14.8 Å². The summed E-state index contributed by atoms with van der Waals surface area (Å²) in [6, 6.07) is 11.0. The van der Waals surface area contributed by atoms with Crippen LogP contribution in [0.5, 0.6) is 0 Å². The summed E-state index contributed by atoms with van der Waals surface area (Å²) in [6.45, 7) is 3.47. The zero-order chi connectivity index (χ0) is 20.6. The lowest BCUT2D eigenvalue weighted by Gasteiger charge is -2.12. The maximum Gasteiger partial charge on any atom is 0.263 e. The zero-order valence-electron chi connectivity index (χ0n) is 15.6. The summed E-state index contributed by atoms with van der Waals surface area (Å²) in [7, 11) is -3.65. The van der Waals surface area contributed by atoms with Crippen LogP contribution in [0.15, 0.2) is 58.7 Å². The van der Waals surface area contributed by atoms with Crippen molar-refractivity contribution in [3.05, 3.63) is 59.9 Å². The van der Waals surface area contributed by atoms with Crippen molar-refractivity contribution in [2.45, 2.75) is 24.8 Å². The molecule has 0 aliphatic carbocycles. The SMILES string of the molecule is Cc1cc(NC(=O)[C@H](C)N=C2NS(=O)(=O)c3ccccc32)ccc1-n1cnnn1. The standard InChI is InChI=1S/C18H17N7O3S/c1-11-9-13(7-8-15(11)25-10-19-23-24-25)21-18(26)12(2)20-17-14-5-3-4-6-16(14)29(27,28)22-17/h3-10,12H,1-2H3,(H,20,22)(H,21,26)/t12-/m0/s1. The fraction of sp³-hybridized carbons (Fsp3) is 0.167. The van der Waals surface area contributed by atoms with Gasteiger partial charge in [-0.05, 0) is 60.2 Å². The maximum absolute atomic E-state index is 12.6. The highest BCUT2D eigenvalue weighted by atomic mass is 32.2. The van der Waals surface area contributed by atoms with E-state index >= 15 is 0 Å². The number of carbonyl (C=O) groups excluding carboxylic acids is 1. The number of nitrogens with one attached hydrogen (secondary N) is 2. The van der Waals surface area contributed by atoms with Gasteiger partial charge in [-0.3, -0.25) is 14.5 Å². The van der Waals surface area contributed by atoms with Gasteiger partial charge in [0.1, 0.15) is 18.2 Å². The lowest BCUT2D eigenvalue weighted by Crippen LogP contribution is -2.28. The zero-order valence-corrected chi connectivity index (χ0v) is 16.4. The predicted octanol–water partition coefficient (Wildman–Crippen LogP) is 1.04. The number of benzene rings is 2. The lowest BCUT2D eigenvalue weighted by molar-refractivity contribution is -0.117. The van der Waals surface area contributed by atoms with Crippen molar-refractivity contribution in [1.29, 1.82) is 0 Å². The van der Waals surface area contributed by atoms with Crippen molar-refractivity contribution in [3.8, 4) is 5.69 Å². The fourth-order valence-corrected chi connectivity index (χ4v) is 4.23. The number of fused-ring (bicyclic) bond motifs is 1. The van der Waals surface area contributed by atoms with E-state index in [1.807, 2.05) is 6.92 Å². The summed E-state index contributed by atoms with van der Waals surface area (Å²) in [4.78, 5) is 17.0. The second kappa shape index (κ2) is 7.09. The van der Waals surface area contributed by atoms with Gasteiger partial charge in [-0.1, -0.05) is 12.1 Å². The Bertz CT molecular complexity index is 1220. The summed E-state index contributed by atoms with van der Waals surface area (Å²) < 4.78 is 28.3. The number of amidine groups is 1. The van der Waals surface area contributed by atoms with Crippen molar-refractivity contribution in [2.24, 2.45) is 4.99 Å². The monoisotopic (exact) mass is 411 g/mol. The van der Waals surface area contributed by atoms with E-state index in [0.717, 1.165) is 11.3 Å². The summed E-state index contributed by atoms with van der Waals surface area (Å²) >= 11 is 0. The van der Waals surface area contributed by atoms with Gasteiger partial charge in [0.2, 0.25) is 5.91 Å². The topological polar surface area (TPSA) is 131 Å². The molecule has 1 aliphatic rings. The van der Waals surface area contributed by atoms with E-state index in [2.05, 4.69) is 30.6 Å². The average molecular weight is 411 g/mol. The van der Waals surface area contributed by atoms with Gasteiger partial charge < -0.3 is 5.32 Å². The van der Waals surface area contributed by atoms with Crippen LogP contribution in [0.25, 0.3) is 5.69 Å². The molecule has 0 unspecified atom stereocenters. The van der Waals surface area contributed by atoms with Crippen molar-refractivity contribution >= 4 is 27.5 Å². The van der Waals surface area contributed by atoms with E-state index in [9.17, 15) is 13.2 Å². The molecule has 1 aliphatic heterocycles. The number of tetrazole rings is 1. The molecule has 4 rings (SSSR count). The van der Waals surface area contributed by atoms with Crippen LogP contribution in [0.3, 0.4) is 0 Å². The minimum Gasteiger partial charge on any atom is -0.324 e. The van der Waals surface area contributed by atoms with E-state index in [1.165, 1.54) is 17.1 Å². The smallest absolute Gasteiger partial charge is 0.263 e. The van der Waals surface area contributed by atoms with Gasteiger partial charge in [-0.2, -0.15) is 0 Å². The number of hydrogen-bond donors (Lipinski definition) is 2. The molecular formula is C18H17N7O3S. The number of rotatable bonds is 4. The molecule has 148 valence electrons. The van der Waals surface area contributed by atoms with Gasteiger partial charge in [-0.15, -0.1) is 5.10 Å². The van der Waals surface area contributed by atoms with Crippen molar-refractivity contribution in [3.63, 3.8) is 0 Å². The first-order chi connectivity index (χ1) is 13.8. The van der Waals surface area contributed by atoms with E-state index in [4.69, 9.17) is 0 Å². The molecule has 29 heavy (non-hydrogen) atoms.